The first-order valence-electron chi connectivity index (χ1n) is 11.7. The average molecular weight is 436 g/mol. The standard InChI is InChI=1S/C27H33NO4/c1-4-17(3)24-8-6-7-18(5-2)25(24)16-31-23-10-9-19-11-22(15-32-26(19)14-23)28-21-12-20(13-21)27(29)30/h6-10,12,14,17,20,22,28H,4-5,11,13,15-16H2,1-3H3,(H,29,30). The molecular weight excluding hydrogens is 402 g/mol. The van der Waals surface area contributed by atoms with Crippen LogP contribution in [0.15, 0.2) is 48.2 Å². The van der Waals surface area contributed by atoms with Gasteiger partial charge in [-0.15, -0.1) is 0 Å². The zero-order valence-electron chi connectivity index (χ0n) is 19.2. The van der Waals surface area contributed by atoms with E-state index in [1.807, 2.05) is 12.1 Å². The molecule has 0 fully saturated rings. The third kappa shape index (κ3) is 4.77. The number of benzene rings is 2. The molecule has 4 rings (SSSR count). The van der Waals surface area contributed by atoms with Crippen molar-refractivity contribution in [3.05, 3.63) is 70.4 Å². The highest BCUT2D eigenvalue weighted by molar-refractivity contribution is 5.74. The Bertz CT molecular complexity index is 1010. The molecule has 3 unspecified atom stereocenters. The van der Waals surface area contributed by atoms with Gasteiger partial charge in [0.05, 0.1) is 12.0 Å². The average Bonchev–Trinajstić information content (AvgIpc) is 2.78. The van der Waals surface area contributed by atoms with Gasteiger partial charge in [-0.25, -0.2) is 0 Å². The van der Waals surface area contributed by atoms with E-state index >= 15 is 0 Å². The largest absolute Gasteiger partial charge is 0.491 e. The van der Waals surface area contributed by atoms with Crippen LogP contribution >= 0.6 is 0 Å². The summed E-state index contributed by atoms with van der Waals surface area (Å²) >= 11 is 0. The SMILES string of the molecule is CCc1cccc(C(C)CC)c1COc1ccc2c(c1)OCC(NC1=CC(C(=O)O)C1)C2. The topological polar surface area (TPSA) is 67.8 Å². The highest BCUT2D eigenvalue weighted by Crippen LogP contribution is 2.32. The maximum Gasteiger partial charge on any atom is 0.310 e. The lowest BCUT2D eigenvalue weighted by Gasteiger charge is -2.31. The molecule has 2 aliphatic rings. The second-order valence-electron chi connectivity index (χ2n) is 8.90. The number of rotatable bonds is 9. The Balaban J connectivity index is 1.40. The van der Waals surface area contributed by atoms with E-state index in [0.29, 0.717) is 25.6 Å². The summed E-state index contributed by atoms with van der Waals surface area (Å²) in [6.45, 7) is 7.81. The molecule has 0 spiro atoms. The van der Waals surface area contributed by atoms with Gasteiger partial charge in [0.1, 0.15) is 24.7 Å². The second kappa shape index (κ2) is 9.68. The van der Waals surface area contributed by atoms with Gasteiger partial charge in [0.2, 0.25) is 0 Å². The third-order valence-electron chi connectivity index (χ3n) is 6.71. The number of nitrogens with one attached hydrogen (secondary N) is 1. The van der Waals surface area contributed by atoms with Gasteiger partial charge < -0.3 is 19.9 Å². The molecule has 2 N–H and O–H groups in total. The summed E-state index contributed by atoms with van der Waals surface area (Å²) in [5, 5.41) is 12.4. The van der Waals surface area contributed by atoms with E-state index in [0.717, 1.165) is 42.0 Å². The van der Waals surface area contributed by atoms with Crippen LogP contribution in [0, 0.1) is 5.92 Å². The summed E-state index contributed by atoms with van der Waals surface area (Å²) in [7, 11) is 0. The highest BCUT2D eigenvalue weighted by Gasteiger charge is 2.28. The second-order valence-corrected chi connectivity index (χ2v) is 8.90. The quantitative estimate of drug-likeness (QED) is 0.565. The number of carbonyl (C=O) groups is 1. The van der Waals surface area contributed by atoms with Crippen molar-refractivity contribution in [3.63, 3.8) is 0 Å². The Labute approximate surface area is 190 Å². The van der Waals surface area contributed by atoms with Crippen LogP contribution in [-0.2, 0) is 24.2 Å². The lowest BCUT2D eigenvalue weighted by atomic mass is 9.90. The first-order valence-corrected chi connectivity index (χ1v) is 11.7. The molecule has 0 aromatic heterocycles. The summed E-state index contributed by atoms with van der Waals surface area (Å²) in [6.07, 6.45) is 5.31. The van der Waals surface area contributed by atoms with Gasteiger partial charge in [0.15, 0.2) is 0 Å². The van der Waals surface area contributed by atoms with Crippen molar-refractivity contribution in [1.82, 2.24) is 5.32 Å². The molecular formula is C27H33NO4. The van der Waals surface area contributed by atoms with E-state index < -0.39 is 5.97 Å². The number of hydrogen-bond acceptors (Lipinski definition) is 4. The van der Waals surface area contributed by atoms with Gasteiger partial charge in [0.25, 0.3) is 0 Å². The minimum atomic E-state index is -0.758. The number of hydrogen-bond donors (Lipinski definition) is 2. The van der Waals surface area contributed by atoms with Gasteiger partial charge in [0, 0.05) is 18.2 Å². The fourth-order valence-corrected chi connectivity index (χ4v) is 4.51. The van der Waals surface area contributed by atoms with E-state index in [2.05, 4.69) is 50.4 Å². The third-order valence-corrected chi connectivity index (χ3v) is 6.71. The first kappa shape index (κ1) is 22.3. The number of fused-ring (bicyclic) bond motifs is 1. The zero-order chi connectivity index (χ0) is 22.7. The maximum absolute atomic E-state index is 11.0. The van der Waals surface area contributed by atoms with Gasteiger partial charge >= 0.3 is 5.97 Å². The number of carboxylic acid groups (broad SMARTS) is 1. The fraction of sp³-hybridized carbons (Fsp3) is 0.444. The highest BCUT2D eigenvalue weighted by atomic mass is 16.5. The smallest absolute Gasteiger partial charge is 0.310 e. The number of carboxylic acids is 1. The molecule has 5 heteroatoms. The van der Waals surface area contributed by atoms with Crippen molar-refractivity contribution in [3.8, 4) is 11.5 Å². The van der Waals surface area contributed by atoms with Crippen molar-refractivity contribution >= 4 is 5.97 Å². The van der Waals surface area contributed by atoms with Gasteiger partial charge in [-0.2, -0.15) is 0 Å². The minimum Gasteiger partial charge on any atom is -0.491 e. The van der Waals surface area contributed by atoms with Crippen molar-refractivity contribution in [1.29, 1.82) is 0 Å². The van der Waals surface area contributed by atoms with E-state index in [1.165, 1.54) is 16.7 Å². The van der Waals surface area contributed by atoms with Crippen LogP contribution in [0.3, 0.4) is 0 Å². The molecule has 1 heterocycles. The number of allylic oxidation sites excluding steroid dienone is 1. The summed E-state index contributed by atoms with van der Waals surface area (Å²) in [4.78, 5) is 11.0. The van der Waals surface area contributed by atoms with Crippen molar-refractivity contribution < 1.29 is 19.4 Å². The lowest BCUT2D eigenvalue weighted by molar-refractivity contribution is -0.140. The predicted molar refractivity (Wildman–Crippen MR) is 125 cm³/mol. The Hall–Kier alpha value is -2.95. The Morgan fingerprint density at radius 1 is 1.25 bits per heavy atom. The van der Waals surface area contributed by atoms with Crippen LogP contribution < -0.4 is 14.8 Å². The summed E-state index contributed by atoms with van der Waals surface area (Å²) in [5.74, 6) is 1.09. The molecule has 3 atom stereocenters. The molecule has 0 radical (unpaired) electrons. The van der Waals surface area contributed by atoms with Crippen molar-refractivity contribution in [2.24, 2.45) is 5.92 Å². The zero-order valence-corrected chi connectivity index (χ0v) is 19.2. The van der Waals surface area contributed by atoms with E-state index in [9.17, 15) is 4.79 Å². The molecule has 1 aliphatic heterocycles. The predicted octanol–water partition coefficient (Wildman–Crippen LogP) is 5.22. The number of ether oxygens (including phenoxy) is 2. The van der Waals surface area contributed by atoms with Crippen molar-refractivity contribution in [2.75, 3.05) is 6.61 Å². The first-order chi connectivity index (χ1) is 15.5. The Morgan fingerprint density at radius 2 is 2.06 bits per heavy atom. The van der Waals surface area contributed by atoms with Crippen LogP contribution in [0.5, 0.6) is 11.5 Å². The normalized spacial score (nSPS) is 20.3. The van der Waals surface area contributed by atoms with Crippen LogP contribution in [0.2, 0.25) is 0 Å². The molecule has 5 nitrogen and oxygen atoms in total. The molecule has 170 valence electrons. The molecule has 0 saturated heterocycles. The maximum atomic E-state index is 11.0. The van der Waals surface area contributed by atoms with Crippen LogP contribution in [0.25, 0.3) is 0 Å². The van der Waals surface area contributed by atoms with Gasteiger partial charge in [-0.3, -0.25) is 4.79 Å². The molecule has 2 aromatic carbocycles. The van der Waals surface area contributed by atoms with Gasteiger partial charge in [-0.1, -0.05) is 51.1 Å². The molecule has 0 amide bonds. The fourth-order valence-electron chi connectivity index (χ4n) is 4.51. The van der Waals surface area contributed by atoms with E-state index in [-0.39, 0.29) is 12.0 Å². The molecule has 0 bridgehead atoms. The van der Waals surface area contributed by atoms with Gasteiger partial charge in [-0.05, 0) is 53.5 Å². The molecule has 0 saturated carbocycles. The minimum absolute atomic E-state index is 0.157. The molecule has 32 heavy (non-hydrogen) atoms. The lowest BCUT2D eigenvalue weighted by Crippen LogP contribution is -2.41. The van der Waals surface area contributed by atoms with E-state index in [1.54, 1.807) is 6.08 Å². The molecule has 1 aliphatic carbocycles. The summed E-state index contributed by atoms with van der Waals surface area (Å²) in [5.41, 5.74) is 6.18. The monoisotopic (exact) mass is 435 g/mol. The van der Waals surface area contributed by atoms with E-state index in [4.69, 9.17) is 14.6 Å². The Kier molecular flexibility index (Phi) is 6.73. The summed E-state index contributed by atoms with van der Waals surface area (Å²) < 4.78 is 12.2. The Morgan fingerprint density at radius 3 is 2.78 bits per heavy atom. The number of aryl methyl sites for hydroxylation is 1. The van der Waals surface area contributed by atoms with Crippen LogP contribution in [0.1, 0.15) is 61.8 Å². The van der Waals surface area contributed by atoms with Crippen LogP contribution in [-0.4, -0.2) is 23.7 Å². The summed E-state index contributed by atoms with van der Waals surface area (Å²) in [6, 6.07) is 12.8. The van der Waals surface area contributed by atoms with Crippen molar-refractivity contribution in [2.45, 2.75) is 65.0 Å². The number of aliphatic carboxylic acids is 1. The molecule has 2 aromatic rings. The van der Waals surface area contributed by atoms with Crippen LogP contribution in [0.4, 0.5) is 0 Å².